The third kappa shape index (κ3) is 4.61. The lowest BCUT2D eigenvalue weighted by Crippen LogP contribution is -2.15. The maximum atomic E-state index is 12.6. The summed E-state index contributed by atoms with van der Waals surface area (Å²) in [5.74, 6) is -0.265. The van der Waals surface area contributed by atoms with Crippen LogP contribution in [-0.4, -0.2) is 35.5 Å². The predicted octanol–water partition coefficient (Wildman–Crippen LogP) is 3.33. The lowest BCUT2D eigenvalue weighted by Gasteiger charge is -2.17. The van der Waals surface area contributed by atoms with Crippen LogP contribution < -0.4 is 20.1 Å². The number of rotatable bonds is 6. The van der Waals surface area contributed by atoms with Gasteiger partial charge in [-0.2, -0.15) is 0 Å². The molecule has 0 bridgehead atoms. The summed E-state index contributed by atoms with van der Waals surface area (Å²) in [6.07, 6.45) is 0. The van der Waals surface area contributed by atoms with Gasteiger partial charge in [-0.05, 0) is 35.9 Å². The molecule has 7 nitrogen and oxygen atoms in total. The van der Waals surface area contributed by atoms with Gasteiger partial charge in [0.1, 0.15) is 10.6 Å². The summed E-state index contributed by atoms with van der Waals surface area (Å²) in [4.78, 5) is 14.5. The first-order valence-electron chi connectivity index (χ1n) is 9.09. The number of methoxy groups -OCH3 is 1. The zero-order chi connectivity index (χ0) is 21.9. The first kappa shape index (κ1) is 21.4. The lowest BCUT2D eigenvalue weighted by molar-refractivity contribution is 0.102. The number of sulfonamides is 1. The molecular formula is C22H23N3O4S. The van der Waals surface area contributed by atoms with Gasteiger partial charge in [-0.15, -0.1) is 0 Å². The van der Waals surface area contributed by atoms with Crippen molar-refractivity contribution in [2.24, 2.45) is 5.14 Å². The molecule has 0 saturated heterocycles. The van der Waals surface area contributed by atoms with Gasteiger partial charge in [0.25, 0.3) is 5.91 Å². The molecule has 8 heteroatoms. The van der Waals surface area contributed by atoms with E-state index in [-0.39, 0.29) is 16.6 Å². The van der Waals surface area contributed by atoms with Gasteiger partial charge in [0.15, 0.2) is 0 Å². The summed E-state index contributed by atoms with van der Waals surface area (Å²) in [6.45, 7) is 0. The van der Waals surface area contributed by atoms with Crippen LogP contribution in [0.15, 0.2) is 71.6 Å². The summed E-state index contributed by atoms with van der Waals surface area (Å²) in [6, 6.07) is 19.5. The van der Waals surface area contributed by atoms with Crippen LogP contribution in [0.2, 0.25) is 0 Å². The molecule has 3 aromatic rings. The van der Waals surface area contributed by atoms with Gasteiger partial charge < -0.3 is 15.0 Å². The smallest absolute Gasteiger partial charge is 0.255 e. The molecule has 0 unspecified atom stereocenters. The molecule has 3 aromatic carbocycles. The average Bonchev–Trinajstić information content (AvgIpc) is 2.73. The molecule has 0 aliphatic heterocycles. The van der Waals surface area contributed by atoms with Crippen LogP contribution in [0.3, 0.4) is 0 Å². The van der Waals surface area contributed by atoms with Crippen molar-refractivity contribution < 1.29 is 17.9 Å². The second-order valence-electron chi connectivity index (χ2n) is 6.85. The van der Waals surface area contributed by atoms with Gasteiger partial charge in [-0.3, -0.25) is 4.79 Å². The molecule has 0 heterocycles. The van der Waals surface area contributed by atoms with Crippen molar-refractivity contribution in [1.29, 1.82) is 0 Å². The second-order valence-corrected chi connectivity index (χ2v) is 8.38. The Hall–Kier alpha value is -3.36. The van der Waals surface area contributed by atoms with E-state index in [1.54, 1.807) is 12.1 Å². The summed E-state index contributed by atoms with van der Waals surface area (Å²) in [5.41, 5.74) is 4.01. The monoisotopic (exact) mass is 425 g/mol. The van der Waals surface area contributed by atoms with Gasteiger partial charge in [0.2, 0.25) is 10.0 Å². The highest BCUT2D eigenvalue weighted by molar-refractivity contribution is 7.89. The highest BCUT2D eigenvalue weighted by Crippen LogP contribution is 2.30. The van der Waals surface area contributed by atoms with E-state index in [0.29, 0.717) is 11.3 Å². The molecule has 0 aliphatic rings. The molecular weight excluding hydrogens is 402 g/mol. The molecule has 3 N–H and O–H groups in total. The Balaban J connectivity index is 1.82. The SMILES string of the molecule is COc1cc(NC(=O)c2ccc(-c3ccccc3N(C)C)cc2)ccc1S(N)(=O)=O. The van der Waals surface area contributed by atoms with Crippen LogP contribution in [-0.2, 0) is 10.0 Å². The molecule has 0 aliphatic carbocycles. The number of carbonyl (C=O) groups excluding carboxylic acids is 1. The van der Waals surface area contributed by atoms with E-state index < -0.39 is 10.0 Å². The maximum Gasteiger partial charge on any atom is 0.255 e. The molecule has 0 saturated carbocycles. The standard InChI is InChI=1S/C22H23N3O4S/c1-25(2)19-7-5-4-6-18(19)15-8-10-16(11-9-15)22(26)24-17-12-13-21(30(23,27)28)20(14-17)29-3/h4-14H,1-3H3,(H,24,26)(H2,23,27,28). The van der Waals surface area contributed by atoms with Crippen LogP contribution in [0.5, 0.6) is 5.75 Å². The van der Waals surface area contributed by atoms with Crippen LogP contribution in [0.4, 0.5) is 11.4 Å². The van der Waals surface area contributed by atoms with Gasteiger partial charge in [0, 0.05) is 42.7 Å². The van der Waals surface area contributed by atoms with Gasteiger partial charge in [-0.1, -0.05) is 30.3 Å². The minimum absolute atomic E-state index is 0.0611. The number of amides is 1. The number of primary sulfonamides is 1. The van der Waals surface area contributed by atoms with Gasteiger partial charge >= 0.3 is 0 Å². The second kappa shape index (κ2) is 8.56. The fraction of sp³-hybridized carbons (Fsp3) is 0.136. The van der Waals surface area contributed by atoms with E-state index >= 15 is 0 Å². The number of nitrogens with zero attached hydrogens (tertiary/aromatic N) is 1. The van der Waals surface area contributed by atoms with Crippen molar-refractivity contribution in [3.05, 3.63) is 72.3 Å². The largest absolute Gasteiger partial charge is 0.495 e. The third-order valence-corrected chi connectivity index (χ3v) is 5.52. The fourth-order valence-electron chi connectivity index (χ4n) is 3.09. The quantitative estimate of drug-likeness (QED) is 0.631. The predicted molar refractivity (Wildman–Crippen MR) is 119 cm³/mol. The Morgan fingerprint density at radius 3 is 2.27 bits per heavy atom. The fourth-order valence-corrected chi connectivity index (χ4v) is 3.77. The molecule has 0 fully saturated rings. The van der Waals surface area contributed by atoms with Crippen LogP contribution >= 0.6 is 0 Å². The molecule has 1 amide bonds. The highest BCUT2D eigenvalue weighted by atomic mass is 32.2. The van der Waals surface area contributed by atoms with E-state index in [9.17, 15) is 13.2 Å². The number of hydrogen-bond donors (Lipinski definition) is 2. The maximum absolute atomic E-state index is 12.6. The van der Waals surface area contributed by atoms with E-state index in [1.807, 2.05) is 55.4 Å². The summed E-state index contributed by atoms with van der Waals surface area (Å²) in [5, 5.41) is 7.91. The Morgan fingerprint density at radius 2 is 1.67 bits per heavy atom. The van der Waals surface area contributed by atoms with E-state index in [2.05, 4.69) is 5.32 Å². The average molecular weight is 426 g/mol. The molecule has 0 spiro atoms. The van der Waals surface area contributed by atoms with Crippen LogP contribution in [0.25, 0.3) is 11.1 Å². The zero-order valence-electron chi connectivity index (χ0n) is 16.9. The van der Waals surface area contributed by atoms with Crippen molar-refractivity contribution in [3.8, 4) is 16.9 Å². The Labute approximate surface area is 176 Å². The van der Waals surface area contributed by atoms with Crippen molar-refractivity contribution >= 4 is 27.3 Å². The summed E-state index contributed by atoms with van der Waals surface area (Å²) < 4.78 is 28.3. The molecule has 0 atom stereocenters. The first-order valence-corrected chi connectivity index (χ1v) is 10.6. The van der Waals surface area contributed by atoms with Crippen LogP contribution in [0.1, 0.15) is 10.4 Å². The van der Waals surface area contributed by atoms with Crippen molar-refractivity contribution in [2.75, 3.05) is 31.4 Å². The number of anilines is 2. The Kier molecular flexibility index (Phi) is 6.09. The number of benzene rings is 3. The number of ether oxygens (including phenoxy) is 1. The molecule has 30 heavy (non-hydrogen) atoms. The van der Waals surface area contributed by atoms with Crippen molar-refractivity contribution in [3.63, 3.8) is 0 Å². The Bertz CT molecular complexity index is 1170. The number of para-hydroxylation sites is 1. The topological polar surface area (TPSA) is 102 Å². The molecule has 0 aromatic heterocycles. The van der Waals surface area contributed by atoms with E-state index in [1.165, 1.54) is 25.3 Å². The molecule has 156 valence electrons. The van der Waals surface area contributed by atoms with Crippen LogP contribution in [0, 0.1) is 0 Å². The van der Waals surface area contributed by atoms with E-state index in [0.717, 1.165) is 16.8 Å². The highest BCUT2D eigenvalue weighted by Gasteiger charge is 2.16. The molecule has 3 rings (SSSR count). The first-order chi connectivity index (χ1) is 14.2. The minimum atomic E-state index is -3.93. The normalized spacial score (nSPS) is 11.1. The summed E-state index contributed by atoms with van der Waals surface area (Å²) in [7, 11) is 1.37. The van der Waals surface area contributed by atoms with E-state index in [4.69, 9.17) is 9.88 Å². The van der Waals surface area contributed by atoms with Crippen molar-refractivity contribution in [1.82, 2.24) is 0 Å². The van der Waals surface area contributed by atoms with Gasteiger partial charge in [-0.25, -0.2) is 13.6 Å². The third-order valence-electron chi connectivity index (χ3n) is 4.57. The Morgan fingerprint density at radius 1 is 1.00 bits per heavy atom. The number of nitrogens with two attached hydrogens (primary N) is 1. The lowest BCUT2D eigenvalue weighted by atomic mass is 10.0. The number of carbonyl (C=O) groups is 1. The zero-order valence-corrected chi connectivity index (χ0v) is 17.7. The molecule has 0 radical (unpaired) electrons. The minimum Gasteiger partial charge on any atom is -0.495 e. The number of hydrogen-bond acceptors (Lipinski definition) is 5. The summed E-state index contributed by atoms with van der Waals surface area (Å²) >= 11 is 0. The number of nitrogens with one attached hydrogen (secondary N) is 1. The van der Waals surface area contributed by atoms with Gasteiger partial charge in [0.05, 0.1) is 7.11 Å². The van der Waals surface area contributed by atoms with Crippen molar-refractivity contribution in [2.45, 2.75) is 4.90 Å².